The number of nitrogens with zero attached hydrogens (tertiary/aromatic N) is 6. The lowest BCUT2D eigenvalue weighted by atomic mass is 10.2. The first-order valence-corrected chi connectivity index (χ1v) is 11.1. The minimum absolute atomic E-state index is 0.0120. The van der Waals surface area contributed by atoms with Crippen molar-refractivity contribution in [3.8, 4) is 0 Å². The molecule has 0 aliphatic carbocycles. The van der Waals surface area contributed by atoms with Crippen molar-refractivity contribution in [2.75, 3.05) is 44.2 Å². The number of anilines is 1. The monoisotopic (exact) mass is 425 g/mol. The summed E-state index contributed by atoms with van der Waals surface area (Å²) in [4.78, 5) is 31.4. The third kappa shape index (κ3) is 4.81. The minimum Gasteiger partial charge on any atom is -0.347 e. The SMILES string of the molecule is CC(C)NC(=O)c1nnc(N2CCN(C(=O)N3CCCC3)CC2)n1Cc1ccccc1. The highest BCUT2D eigenvalue weighted by Gasteiger charge is 2.30. The smallest absolute Gasteiger partial charge is 0.320 e. The fourth-order valence-corrected chi connectivity index (χ4v) is 4.14. The van der Waals surface area contributed by atoms with E-state index in [1.54, 1.807) is 0 Å². The zero-order chi connectivity index (χ0) is 21.8. The molecule has 1 N–H and O–H groups in total. The van der Waals surface area contributed by atoms with Crippen LogP contribution in [0.3, 0.4) is 0 Å². The lowest BCUT2D eigenvalue weighted by Gasteiger charge is -2.37. The first-order valence-electron chi connectivity index (χ1n) is 11.1. The number of benzene rings is 1. The van der Waals surface area contributed by atoms with E-state index in [1.165, 1.54) is 0 Å². The van der Waals surface area contributed by atoms with Crippen LogP contribution in [0, 0.1) is 0 Å². The van der Waals surface area contributed by atoms with E-state index in [0.29, 0.717) is 44.5 Å². The highest BCUT2D eigenvalue weighted by Crippen LogP contribution is 2.20. The van der Waals surface area contributed by atoms with E-state index in [2.05, 4.69) is 20.4 Å². The van der Waals surface area contributed by atoms with E-state index in [0.717, 1.165) is 31.5 Å². The lowest BCUT2D eigenvalue weighted by Crippen LogP contribution is -2.53. The molecule has 9 heteroatoms. The number of rotatable bonds is 5. The van der Waals surface area contributed by atoms with Crippen molar-refractivity contribution in [2.24, 2.45) is 0 Å². The van der Waals surface area contributed by atoms with Crippen molar-refractivity contribution in [1.82, 2.24) is 29.9 Å². The average molecular weight is 426 g/mol. The minimum atomic E-state index is -0.229. The van der Waals surface area contributed by atoms with Gasteiger partial charge in [-0.3, -0.25) is 9.36 Å². The summed E-state index contributed by atoms with van der Waals surface area (Å²) in [7, 11) is 0. The Morgan fingerprint density at radius 1 is 0.935 bits per heavy atom. The molecule has 0 unspecified atom stereocenters. The molecule has 0 saturated carbocycles. The molecule has 0 spiro atoms. The van der Waals surface area contributed by atoms with Crippen LogP contribution in [0.25, 0.3) is 0 Å². The summed E-state index contributed by atoms with van der Waals surface area (Å²) < 4.78 is 1.88. The molecule has 2 fully saturated rings. The van der Waals surface area contributed by atoms with Gasteiger partial charge in [-0.2, -0.15) is 0 Å². The molecule has 31 heavy (non-hydrogen) atoms. The molecule has 1 aromatic heterocycles. The number of carbonyl (C=O) groups is 2. The van der Waals surface area contributed by atoms with E-state index < -0.39 is 0 Å². The Labute approximate surface area is 183 Å². The van der Waals surface area contributed by atoms with Crippen molar-refractivity contribution >= 4 is 17.9 Å². The molecule has 4 rings (SSSR count). The van der Waals surface area contributed by atoms with Crippen LogP contribution in [0.4, 0.5) is 10.7 Å². The molecule has 3 amide bonds. The van der Waals surface area contributed by atoms with Crippen LogP contribution in [0.1, 0.15) is 42.9 Å². The van der Waals surface area contributed by atoms with E-state index in [-0.39, 0.29) is 18.0 Å². The summed E-state index contributed by atoms with van der Waals surface area (Å²) in [6.45, 7) is 8.69. The fraction of sp³-hybridized carbons (Fsp3) is 0.545. The van der Waals surface area contributed by atoms with Gasteiger partial charge in [0.15, 0.2) is 0 Å². The molecule has 2 aliphatic rings. The van der Waals surface area contributed by atoms with Crippen LogP contribution in [-0.4, -0.2) is 81.8 Å². The number of aromatic nitrogens is 3. The van der Waals surface area contributed by atoms with Crippen LogP contribution in [-0.2, 0) is 6.54 Å². The van der Waals surface area contributed by atoms with Crippen molar-refractivity contribution in [3.63, 3.8) is 0 Å². The van der Waals surface area contributed by atoms with Gasteiger partial charge in [-0.1, -0.05) is 30.3 Å². The number of hydrogen-bond acceptors (Lipinski definition) is 5. The van der Waals surface area contributed by atoms with E-state index in [9.17, 15) is 9.59 Å². The Bertz CT molecular complexity index is 898. The van der Waals surface area contributed by atoms with Gasteiger partial charge in [0, 0.05) is 45.3 Å². The van der Waals surface area contributed by atoms with Crippen molar-refractivity contribution in [3.05, 3.63) is 41.7 Å². The van der Waals surface area contributed by atoms with Gasteiger partial charge in [-0.15, -0.1) is 10.2 Å². The molecule has 2 aliphatic heterocycles. The first kappa shape index (κ1) is 21.1. The van der Waals surface area contributed by atoms with Gasteiger partial charge < -0.3 is 20.0 Å². The first-order chi connectivity index (χ1) is 15.0. The maximum Gasteiger partial charge on any atom is 0.320 e. The highest BCUT2D eigenvalue weighted by atomic mass is 16.2. The number of urea groups is 1. The maximum absolute atomic E-state index is 12.7. The van der Waals surface area contributed by atoms with E-state index in [4.69, 9.17) is 0 Å². The summed E-state index contributed by atoms with van der Waals surface area (Å²) in [5, 5.41) is 11.5. The van der Waals surface area contributed by atoms with Crippen LogP contribution in [0.5, 0.6) is 0 Å². The van der Waals surface area contributed by atoms with Gasteiger partial charge in [0.25, 0.3) is 5.91 Å². The summed E-state index contributed by atoms with van der Waals surface area (Å²) in [5.74, 6) is 0.752. The third-order valence-corrected chi connectivity index (χ3v) is 5.75. The van der Waals surface area contributed by atoms with Crippen LogP contribution >= 0.6 is 0 Å². The second kappa shape index (κ2) is 9.36. The summed E-state index contributed by atoms with van der Waals surface area (Å²) in [6, 6.07) is 10.1. The number of nitrogens with one attached hydrogen (secondary N) is 1. The van der Waals surface area contributed by atoms with Crippen molar-refractivity contribution in [1.29, 1.82) is 0 Å². The second-order valence-electron chi connectivity index (χ2n) is 8.47. The summed E-state index contributed by atoms with van der Waals surface area (Å²) in [6.07, 6.45) is 2.19. The number of carbonyl (C=O) groups excluding carboxylic acids is 2. The highest BCUT2D eigenvalue weighted by molar-refractivity contribution is 5.91. The number of amides is 3. The standard InChI is InChI=1S/C22H31N7O2/c1-17(2)23-20(30)19-24-25-21(29(19)16-18-8-4-3-5-9-18)26-12-14-28(15-13-26)22(31)27-10-6-7-11-27/h3-5,8-9,17H,6-7,10-16H2,1-2H3,(H,23,30). The van der Waals surface area contributed by atoms with Crippen molar-refractivity contribution < 1.29 is 9.59 Å². The molecule has 0 atom stereocenters. The molecule has 3 heterocycles. The molecule has 9 nitrogen and oxygen atoms in total. The topological polar surface area (TPSA) is 86.6 Å². The van der Waals surface area contributed by atoms with Crippen LogP contribution in [0.2, 0.25) is 0 Å². The molecule has 0 radical (unpaired) electrons. The molecule has 1 aromatic carbocycles. The average Bonchev–Trinajstić information content (AvgIpc) is 3.44. The van der Waals surface area contributed by atoms with Gasteiger partial charge in [0.1, 0.15) is 0 Å². The van der Waals surface area contributed by atoms with Gasteiger partial charge in [0.05, 0.1) is 6.54 Å². The van der Waals surface area contributed by atoms with Crippen molar-refractivity contribution in [2.45, 2.75) is 39.3 Å². The number of piperazine rings is 1. The lowest BCUT2D eigenvalue weighted by molar-refractivity contribution is 0.0928. The molecule has 2 saturated heterocycles. The van der Waals surface area contributed by atoms with Gasteiger partial charge in [0.2, 0.25) is 11.8 Å². The Morgan fingerprint density at radius 3 is 2.23 bits per heavy atom. The Balaban J connectivity index is 1.51. The largest absolute Gasteiger partial charge is 0.347 e. The number of likely N-dealkylation sites (tertiary alicyclic amines) is 1. The van der Waals surface area contributed by atoms with Gasteiger partial charge in [-0.05, 0) is 32.3 Å². The Hall–Kier alpha value is -3.10. The fourth-order valence-electron chi connectivity index (χ4n) is 4.14. The molecule has 166 valence electrons. The molecular weight excluding hydrogens is 394 g/mol. The molecular formula is C22H31N7O2. The second-order valence-corrected chi connectivity index (χ2v) is 8.47. The Morgan fingerprint density at radius 2 is 1.58 bits per heavy atom. The molecule has 0 bridgehead atoms. The molecule has 2 aromatic rings. The van der Waals surface area contributed by atoms with Gasteiger partial charge >= 0.3 is 6.03 Å². The maximum atomic E-state index is 12.7. The predicted molar refractivity (Wildman–Crippen MR) is 118 cm³/mol. The van der Waals surface area contributed by atoms with Crippen LogP contribution in [0.15, 0.2) is 30.3 Å². The summed E-state index contributed by atoms with van der Waals surface area (Å²) in [5.41, 5.74) is 1.07. The third-order valence-electron chi connectivity index (χ3n) is 5.75. The van der Waals surface area contributed by atoms with Crippen LogP contribution < -0.4 is 10.2 Å². The van der Waals surface area contributed by atoms with Gasteiger partial charge in [-0.25, -0.2) is 4.79 Å². The quantitative estimate of drug-likeness (QED) is 0.790. The van der Waals surface area contributed by atoms with E-state index >= 15 is 0 Å². The zero-order valence-corrected chi connectivity index (χ0v) is 18.3. The normalized spacial score (nSPS) is 16.8. The zero-order valence-electron chi connectivity index (χ0n) is 18.3. The Kier molecular flexibility index (Phi) is 6.39. The summed E-state index contributed by atoms with van der Waals surface area (Å²) >= 11 is 0. The van der Waals surface area contributed by atoms with E-state index in [1.807, 2.05) is 58.5 Å². The number of hydrogen-bond donors (Lipinski definition) is 1. The predicted octanol–water partition coefficient (Wildman–Crippen LogP) is 1.80.